The molecule has 0 amide bonds. The largest absolute Gasteiger partial charge is 0.417 e. The number of nitrogens with zero attached hydrogens (tertiary/aromatic N) is 1. The fourth-order valence-electron chi connectivity index (χ4n) is 2.25. The minimum absolute atomic E-state index is 0.444. The average molecular weight is 280 g/mol. The number of rotatable bonds is 3. The van der Waals surface area contributed by atoms with Gasteiger partial charge in [0.25, 0.3) is 0 Å². The summed E-state index contributed by atoms with van der Waals surface area (Å²) in [6.45, 7) is 0. The van der Waals surface area contributed by atoms with Crippen LogP contribution in [0.3, 0.4) is 0 Å². The molecule has 0 saturated heterocycles. The van der Waals surface area contributed by atoms with Gasteiger partial charge in [-0.2, -0.15) is 0 Å². The predicted octanol–water partition coefficient (Wildman–Crippen LogP) is 3.37. The van der Waals surface area contributed by atoms with Crippen molar-refractivity contribution in [3.63, 3.8) is 0 Å². The Bertz CT molecular complexity index is 784. The van der Waals surface area contributed by atoms with Crippen LogP contribution in [0.15, 0.2) is 63.8 Å². The summed E-state index contributed by atoms with van der Waals surface area (Å²) in [6, 6.07) is 17.6. The molecule has 0 saturated carbocycles. The summed E-state index contributed by atoms with van der Waals surface area (Å²) in [5, 5.41) is 0. The molecule has 0 radical (unpaired) electrons. The van der Waals surface area contributed by atoms with Gasteiger partial charge in [0, 0.05) is 30.9 Å². The van der Waals surface area contributed by atoms with Crippen molar-refractivity contribution in [3.05, 3.63) is 65.1 Å². The number of nitrogens with one attached hydrogen (secondary N) is 1. The summed E-state index contributed by atoms with van der Waals surface area (Å²) in [5.41, 5.74) is 3.61. The van der Waals surface area contributed by atoms with Crippen LogP contribution in [0.5, 0.6) is 0 Å². The number of anilines is 1. The van der Waals surface area contributed by atoms with Crippen molar-refractivity contribution >= 4 is 5.69 Å². The summed E-state index contributed by atoms with van der Waals surface area (Å²) in [4.78, 5) is 16.4. The minimum atomic E-state index is -0.444. The van der Waals surface area contributed by atoms with Crippen molar-refractivity contribution in [1.82, 2.24) is 4.98 Å². The lowest BCUT2D eigenvalue weighted by Crippen LogP contribution is -2.07. The highest BCUT2D eigenvalue weighted by atomic mass is 16.4. The summed E-state index contributed by atoms with van der Waals surface area (Å²) < 4.78 is 5.31. The van der Waals surface area contributed by atoms with Crippen molar-refractivity contribution < 1.29 is 4.42 Å². The van der Waals surface area contributed by atoms with Crippen LogP contribution in [-0.2, 0) is 0 Å². The van der Waals surface area contributed by atoms with E-state index in [4.69, 9.17) is 4.42 Å². The molecule has 106 valence electrons. The van der Waals surface area contributed by atoms with E-state index in [2.05, 4.69) is 4.98 Å². The first-order valence-electron chi connectivity index (χ1n) is 6.71. The first kappa shape index (κ1) is 13.2. The molecule has 3 aromatic rings. The molecule has 1 aromatic heterocycles. The average Bonchev–Trinajstić information content (AvgIpc) is 2.90. The van der Waals surface area contributed by atoms with Gasteiger partial charge in [-0.25, -0.2) is 4.79 Å². The van der Waals surface area contributed by atoms with Crippen molar-refractivity contribution in [2.75, 3.05) is 19.0 Å². The minimum Gasteiger partial charge on any atom is -0.407 e. The molecule has 4 nitrogen and oxygen atoms in total. The third-order valence-electron chi connectivity index (χ3n) is 3.36. The first-order valence-corrected chi connectivity index (χ1v) is 6.71. The molecule has 0 aliphatic carbocycles. The molecule has 0 aliphatic heterocycles. The predicted molar refractivity (Wildman–Crippen MR) is 84.5 cm³/mol. The number of hydrogen-bond donors (Lipinski definition) is 1. The second-order valence-corrected chi connectivity index (χ2v) is 5.03. The maximum atomic E-state index is 11.6. The molecule has 0 atom stereocenters. The number of hydrogen-bond acceptors (Lipinski definition) is 3. The molecular formula is C17H16N2O2. The van der Waals surface area contributed by atoms with Crippen LogP contribution in [0.25, 0.3) is 22.6 Å². The Morgan fingerprint density at radius 2 is 1.57 bits per heavy atom. The third-order valence-corrected chi connectivity index (χ3v) is 3.36. The summed E-state index contributed by atoms with van der Waals surface area (Å²) in [6.07, 6.45) is 0. The van der Waals surface area contributed by atoms with Gasteiger partial charge in [0.2, 0.25) is 0 Å². The van der Waals surface area contributed by atoms with Gasteiger partial charge in [0.15, 0.2) is 5.76 Å². The standard InChI is InChI=1S/C17H16N2O2/c1-19(2)14-10-8-12(9-11-14)15-16(21-17(20)18-15)13-6-4-3-5-7-13/h3-11H,1-2H3,(H,18,20). The first-order chi connectivity index (χ1) is 10.1. The summed E-state index contributed by atoms with van der Waals surface area (Å²) >= 11 is 0. The number of H-pyrrole nitrogens is 1. The quantitative estimate of drug-likeness (QED) is 0.800. The van der Waals surface area contributed by atoms with Crippen LogP contribution in [0.4, 0.5) is 5.69 Å². The van der Waals surface area contributed by atoms with E-state index >= 15 is 0 Å². The molecule has 0 unspecified atom stereocenters. The maximum Gasteiger partial charge on any atom is 0.417 e. The Balaban J connectivity index is 2.09. The van der Waals surface area contributed by atoms with Crippen molar-refractivity contribution in [2.45, 2.75) is 0 Å². The van der Waals surface area contributed by atoms with Crippen LogP contribution in [-0.4, -0.2) is 19.1 Å². The van der Waals surface area contributed by atoms with E-state index in [0.29, 0.717) is 11.5 Å². The number of oxazole rings is 1. The second-order valence-electron chi connectivity index (χ2n) is 5.03. The maximum absolute atomic E-state index is 11.6. The summed E-state index contributed by atoms with van der Waals surface area (Å²) in [5.74, 6) is 0.124. The molecular weight excluding hydrogens is 264 g/mol. The number of benzene rings is 2. The SMILES string of the molecule is CN(C)c1ccc(-c2[nH]c(=O)oc2-c2ccccc2)cc1. The lowest BCUT2D eigenvalue weighted by Gasteiger charge is -2.12. The van der Waals surface area contributed by atoms with E-state index in [0.717, 1.165) is 16.8 Å². The lowest BCUT2D eigenvalue weighted by atomic mass is 10.1. The monoisotopic (exact) mass is 280 g/mol. The third kappa shape index (κ3) is 2.60. The van der Waals surface area contributed by atoms with Crippen LogP contribution >= 0.6 is 0 Å². The van der Waals surface area contributed by atoms with Crippen LogP contribution in [0, 0.1) is 0 Å². The highest BCUT2D eigenvalue weighted by Crippen LogP contribution is 2.30. The van der Waals surface area contributed by atoms with Gasteiger partial charge in [-0.3, -0.25) is 4.98 Å². The van der Waals surface area contributed by atoms with Gasteiger partial charge in [-0.05, 0) is 12.1 Å². The zero-order valence-corrected chi connectivity index (χ0v) is 12.0. The van der Waals surface area contributed by atoms with E-state index in [9.17, 15) is 4.79 Å². The smallest absolute Gasteiger partial charge is 0.407 e. The molecule has 0 bridgehead atoms. The Hall–Kier alpha value is -2.75. The number of aromatic amines is 1. The van der Waals surface area contributed by atoms with Crippen LogP contribution in [0.2, 0.25) is 0 Å². The van der Waals surface area contributed by atoms with Gasteiger partial charge < -0.3 is 9.32 Å². The van der Waals surface area contributed by atoms with Gasteiger partial charge in [-0.15, -0.1) is 0 Å². The highest BCUT2D eigenvalue weighted by molar-refractivity contribution is 5.77. The van der Waals surface area contributed by atoms with E-state index in [1.165, 1.54) is 0 Å². The molecule has 3 rings (SSSR count). The molecule has 0 spiro atoms. The fourth-order valence-corrected chi connectivity index (χ4v) is 2.25. The molecule has 0 aliphatic rings. The van der Waals surface area contributed by atoms with Crippen LogP contribution in [0.1, 0.15) is 0 Å². The second kappa shape index (κ2) is 5.32. The molecule has 1 N–H and O–H groups in total. The lowest BCUT2D eigenvalue weighted by molar-refractivity contribution is 0.528. The van der Waals surface area contributed by atoms with Gasteiger partial charge in [0.05, 0.1) is 5.69 Å². The van der Waals surface area contributed by atoms with E-state index in [1.807, 2.05) is 73.6 Å². The topological polar surface area (TPSA) is 49.2 Å². The molecule has 0 fully saturated rings. The molecule has 2 aromatic carbocycles. The Morgan fingerprint density at radius 1 is 0.905 bits per heavy atom. The van der Waals surface area contributed by atoms with Crippen molar-refractivity contribution in [1.29, 1.82) is 0 Å². The Kier molecular flexibility index (Phi) is 3.36. The zero-order chi connectivity index (χ0) is 14.8. The van der Waals surface area contributed by atoms with Crippen molar-refractivity contribution in [3.8, 4) is 22.6 Å². The Morgan fingerprint density at radius 3 is 2.19 bits per heavy atom. The van der Waals surface area contributed by atoms with E-state index in [1.54, 1.807) is 0 Å². The van der Waals surface area contributed by atoms with Crippen LogP contribution < -0.4 is 10.7 Å². The fraction of sp³-hybridized carbons (Fsp3) is 0.118. The van der Waals surface area contributed by atoms with Gasteiger partial charge in [0.1, 0.15) is 0 Å². The van der Waals surface area contributed by atoms with Crippen molar-refractivity contribution in [2.24, 2.45) is 0 Å². The highest BCUT2D eigenvalue weighted by Gasteiger charge is 2.13. The molecule has 4 heteroatoms. The molecule has 1 heterocycles. The summed E-state index contributed by atoms with van der Waals surface area (Å²) in [7, 11) is 3.98. The van der Waals surface area contributed by atoms with Gasteiger partial charge >= 0.3 is 5.76 Å². The zero-order valence-electron chi connectivity index (χ0n) is 12.0. The van der Waals surface area contributed by atoms with Gasteiger partial charge in [-0.1, -0.05) is 42.5 Å². The number of aromatic nitrogens is 1. The van der Waals surface area contributed by atoms with E-state index in [-0.39, 0.29) is 0 Å². The normalized spacial score (nSPS) is 10.6. The molecule has 21 heavy (non-hydrogen) atoms. The Labute approximate surface area is 122 Å². The van der Waals surface area contributed by atoms with E-state index < -0.39 is 5.76 Å².